The number of nitrogens with zero attached hydrogens (tertiary/aromatic N) is 3. The van der Waals surface area contributed by atoms with Gasteiger partial charge in [0.1, 0.15) is 5.75 Å². The lowest BCUT2D eigenvalue weighted by Crippen LogP contribution is -2.37. The Kier molecular flexibility index (Phi) is 4.60. The molecule has 1 aliphatic heterocycles. The zero-order chi connectivity index (χ0) is 18.1. The third-order valence-electron chi connectivity index (χ3n) is 4.31. The molecule has 2 aromatic heterocycles. The zero-order valence-corrected chi connectivity index (χ0v) is 15.4. The largest absolute Gasteiger partial charge is 0.497 e. The molecule has 0 saturated carbocycles. The Bertz CT molecular complexity index is 930. The molecule has 4 rings (SSSR count). The minimum absolute atomic E-state index is 0.00418. The molecule has 7 nitrogen and oxygen atoms in total. The van der Waals surface area contributed by atoms with Crippen LogP contribution in [-0.4, -0.2) is 42.4 Å². The molecule has 1 saturated heterocycles. The van der Waals surface area contributed by atoms with Gasteiger partial charge in [0.15, 0.2) is 5.13 Å². The Labute approximate surface area is 154 Å². The number of ether oxygens (including phenoxy) is 2. The van der Waals surface area contributed by atoms with E-state index in [1.54, 1.807) is 25.0 Å². The second-order valence-corrected chi connectivity index (χ2v) is 7.22. The Morgan fingerprint density at radius 1 is 1.42 bits per heavy atom. The molecular weight excluding hydrogens is 354 g/mol. The highest BCUT2D eigenvalue weighted by molar-refractivity contribution is 7.22. The van der Waals surface area contributed by atoms with Gasteiger partial charge in [-0.25, -0.2) is 4.98 Å². The first-order valence-electron chi connectivity index (χ1n) is 8.45. The number of carbonyl (C=O) groups is 1. The lowest BCUT2D eigenvalue weighted by atomic mass is 10.2. The molecule has 0 bridgehead atoms. The van der Waals surface area contributed by atoms with E-state index < -0.39 is 0 Å². The number of methoxy groups -OCH3 is 1. The maximum absolute atomic E-state index is 13.0. The summed E-state index contributed by atoms with van der Waals surface area (Å²) in [4.78, 5) is 19.3. The molecule has 3 heterocycles. The summed E-state index contributed by atoms with van der Waals surface area (Å²) in [6.45, 7) is 2.95. The average molecular weight is 373 g/mol. The topological polar surface area (TPSA) is 77.7 Å². The van der Waals surface area contributed by atoms with Crippen LogP contribution in [-0.2, 0) is 4.74 Å². The van der Waals surface area contributed by atoms with Gasteiger partial charge in [-0.2, -0.15) is 0 Å². The van der Waals surface area contributed by atoms with Crippen molar-refractivity contribution in [2.75, 3.05) is 25.2 Å². The van der Waals surface area contributed by atoms with E-state index in [0.717, 1.165) is 35.4 Å². The van der Waals surface area contributed by atoms with Gasteiger partial charge < -0.3 is 14.0 Å². The quantitative estimate of drug-likeness (QED) is 0.682. The number of anilines is 1. The van der Waals surface area contributed by atoms with Crippen LogP contribution in [0.3, 0.4) is 0 Å². The van der Waals surface area contributed by atoms with Gasteiger partial charge in [-0.15, -0.1) is 0 Å². The maximum Gasteiger partial charge on any atom is 0.298 e. The zero-order valence-electron chi connectivity index (χ0n) is 14.6. The van der Waals surface area contributed by atoms with E-state index in [4.69, 9.17) is 14.0 Å². The number of thiazole rings is 1. The van der Waals surface area contributed by atoms with Crippen LogP contribution in [0.15, 0.2) is 28.8 Å². The lowest BCUT2D eigenvalue weighted by molar-refractivity contribution is 0.0887. The molecule has 136 valence electrons. The predicted molar refractivity (Wildman–Crippen MR) is 98.1 cm³/mol. The number of rotatable bonds is 5. The fourth-order valence-electron chi connectivity index (χ4n) is 2.97. The van der Waals surface area contributed by atoms with Crippen molar-refractivity contribution in [3.05, 3.63) is 35.7 Å². The summed E-state index contributed by atoms with van der Waals surface area (Å²) in [5.41, 5.74) is 1.46. The molecule has 0 spiro atoms. The van der Waals surface area contributed by atoms with Crippen LogP contribution in [0.5, 0.6) is 5.75 Å². The van der Waals surface area contributed by atoms with E-state index in [1.807, 2.05) is 18.2 Å². The molecule has 0 unspecified atom stereocenters. The number of benzene rings is 1. The Hall–Kier alpha value is -2.45. The highest BCUT2D eigenvalue weighted by Crippen LogP contribution is 2.32. The molecule has 0 aliphatic carbocycles. The normalized spacial score (nSPS) is 16.9. The monoisotopic (exact) mass is 373 g/mol. The van der Waals surface area contributed by atoms with Gasteiger partial charge in [0.25, 0.3) is 5.91 Å². The van der Waals surface area contributed by atoms with Crippen molar-refractivity contribution in [1.29, 1.82) is 0 Å². The van der Waals surface area contributed by atoms with E-state index >= 15 is 0 Å². The average Bonchev–Trinajstić information content (AvgIpc) is 3.38. The number of hydrogen-bond donors (Lipinski definition) is 0. The summed E-state index contributed by atoms with van der Waals surface area (Å²) < 4.78 is 17.1. The summed E-state index contributed by atoms with van der Waals surface area (Å²) >= 11 is 1.46. The summed E-state index contributed by atoms with van der Waals surface area (Å²) in [6.07, 6.45) is 1.94. The van der Waals surface area contributed by atoms with E-state index in [1.165, 1.54) is 11.3 Å². The molecule has 0 N–H and O–H groups in total. The molecule has 1 aromatic carbocycles. The first-order valence-corrected chi connectivity index (χ1v) is 9.27. The van der Waals surface area contributed by atoms with Crippen molar-refractivity contribution in [1.82, 2.24) is 10.1 Å². The number of carbonyl (C=O) groups excluding carboxylic acids is 1. The van der Waals surface area contributed by atoms with Gasteiger partial charge in [-0.3, -0.25) is 9.69 Å². The molecule has 0 radical (unpaired) electrons. The molecule has 1 atom stereocenters. The fourth-order valence-corrected chi connectivity index (χ4v) is 3.93. The van der Waals surface area contributed by atoms with Crippen LogP contribution in [0.4, 0.5) is 5.13 Å². The SMILES string of the molecule is COc1ccc2sc(N(C[C@@H]3CCCO3)C(=O)c3cc(C)no3)nc2c1. The van der Waals surface area contributed by atoms with Gasteiger partial charge >= 0.3 is 0 Å². The molecule has 3 aromatic rings. The number of hydrogen-bond acceptors (Lipinski definition) is 7. The molecule has 1 aliphatic rings. The van der Waals surface area contributed by atoms with Crippen LogP contribution >= 0.6 is 11.3 Å². The highest BCUT2D eigenvalue weighted by Gasteiger charge is 2.29. The van der Waals surface area contributed by atoms with Gasteiger partial charge in [0.05, 0.1) is 35.7 Å². The third kappa shape index (κ3) is 3.30. The molecule has 26 heavy (non-hydrogen) atoms. The number of aryl methyl sites for hydroxylation is 1. The summed E-state index contributed by atoms with van der Waals surface area (Å²) in [7, 11) is 1.62. The van der Waals surface area contributed by atoms with Crippen LogP contribution in [0.25, 0.3) is 10.2 Å². The summed E-state index contributed by atoms with van der Waals surface area (Å²) in [5.74, 6) is 0.682. The number of fused-ring (bicyclic) bond motifs is 1. The minimum Gasteiger partial charge on any atom is -0.497 e. The Balaban J connectivity index is 1.70. The van der Waals surface area contributed by atoms with E-state index in [2.05, 4.69) is 10.1 Å². The number of aromatic nitrogens is 2. The standard InChI is InChI=1S/C18H19N3O4S/c1-11-8-15(25-20-11)17(22)21(10-13-4-3-7-24-13)18-19-14-9-12(23-2)5-6-16(14)26-18/h5-6,8-9,13H,3-4,7,10H2,1-2H3/t13-/m0/s1. The molecule has 1 fully saturated rings. The van der Waals surface area contributed by atoms with E-state index in [9.17, 15) is 4.79 Å². The van der Waals surface area contributed by atoms with Crippen LogP contribution < -0.4 is 9.64 Å². The van der Waals surface area contributed by atoms with Crippen molar-refractivity contribution < 1.29 is 18.8 Å². The van der Waals surface area contributed by atoms with Crippen LogP contribution in [0.2, 0.25) is 0 Å². The van der Waals surface area contributed by atoms with Crippen molar-refractivity contribution in [2.45, 2.75) is 25.9 Å². The lowest BCUT2D eigenvalue weighted by Gasteiger charge is -2.21. The van der Waals surface area contributed by atoms with Gasteiger partial charge in [0, 0.05) is 18.7 Å². The van der Waals surface area contributed by atoms with E-state index in [-0.39, 0.29) is 17.8 Å². The second-order valence-electron chi connectivity index (χ2n) is 6.21. The number of amides is 1. The van der Waals surface area contributed by atoms with Crippen LogP contribution in [0.1, 0.15) is 29.1 Å². The van der Waals surface area contributed by atoms with E-state index in [0.29, 0.717) is 17.4 Å². The highest BCUT2D eigenvalue weighted by atomic mass is 32.1. The first-order chi connectivity index (χ1) is 12.6. The molecule has 1 amide bonds. The smallest absolute Gasteiger partial charge is 0.298 e. The Morgan fingerprint density at radius 2 is 2.31 bits per heavy atom. The maximum atomic E-state index is 13.0. The van der Waals surface area contributed by atoms with Crippen molar-refractivity contribution in [3.8, 4) is 5.75 Å². The first kappa shape index (κ1) is 17.0. The second kappa shape index (κ2) is 7.05. The third-order valence-corrected chi connectivity index (χ3v) is 5.37. The molecular formula is C18H19N3O4S. The summed E-state index contributed by atoms with van der Waals surface area (Å²) in [5, 5.41) is 4.44. The van der Waals surface area contributed by atoms with Crippen molar-refractivity contribution in [3.63, 3.8) is 0 Å². The van der Waals surface area contributed by atoms with Gasteiger partial charge in [0.2, 0.25) is 5.76 Å². The van der Waals surface area contributed by atoms with Gasteiger partial charge in [-0.1, -0.05) is 16.5 Å². The Morgan fingerprint density at radius 3 is 3.00 bits per heavy atom. The van der Waals surface area contributed by atoms with Crippen LogP contribution in [0, 0.1) is 6.92 Å². The van der Waals surface area contributed by atoms with Crippen molar-refractivity contribution >= 4 is 32.6 Å². The minimum atomic E-state index is -0.257. The summed E-state index contributed by atoms with van der Waals surface area (Å²) in [6, 6.07) is 7.34. The molecule has 8 heteroatoms. The van der Waals surface area contributed by atoms with Crippen molar-refractivity contribution in [2.24, 2.45) is 0 Å². The fraction of sp³-hybridized carbons (Fsp3) is 0.389. The van der Waals surface area contributed by atoms with Gasteiger partial charge in [-0.05, 0) is 31.9 Å². The predicted octanol–water partition coefficient (Wildman–Crippen LogP) is 3.43.